The van der Waals surface area contributed by atoms with Crippen LogP contribution in [0.5, 0.6) is 0 Å². The molecule has 0 saturated carbocycles. The van der Waals surface area contributed by atoms with Crippen molar-refractivity contribution in [3.8, 4) is 0 Å². The molecule has 0 spiro atoms. The Morgan fingerprint density at radius 2 is 2.31 bits per heavy atom. The predicted molar refractivity (Wildman–Crippen MR) is 104 cm³/mol. The van der Waals surface area contributed by atoms with Crippen molar-refractivity contribution in [3.05, 3.63) is 51.5 Å². The molecule has 2 N–H and O–H groups in total. The van der Waals surface area contributed by atoms with Crippen LogP contribution < -0.4 is 10.6 Å². The Bertz CT molecular complexity index is 813. The van der Waals surface area contributed by atoms with Gasteiger partial charge >= 0.3 is 0 Å². The van der Waals surface area contributed by atoms with E-state index in [-0.39, 0.29) is 22.8 Å². The number of hydrogen-bond donors (Lipinski definition) is 3. The summed E-state index contributed by atoms with van der Waals surface area (Å²) in [6.45, 7) is -0.341. The number of amides is 1. The van der Waals surface area contributed by atoms with Crippen LogP contribution in [0, 0.1) is 0 Å². The van der Waals surface area contributed by atoms with Gasteiger partial charge in [0.15, 0.2) is 0 Å². The highest BCUT2D eigenvalue weighted by molar-refractivity contribution is 9.10. The summed E-state index contributed by atoms with van der Waals surface area (Å²) in [5.74, 6) is -0.415. The van der Waals surface area contributed by atoms with Crippen molar-refractivity contribution in [3.63, 3.8) is 0 Å². The van der Waals surface area contributed by atoms with Gasteiger partial charge in [-0.2, -0.15) is 12.6 Å². The fourth-order valence-corrected chi connectivity index (χ4v) is 3.48. The summed E-state index contributed by atoms with van der Waals surface area (Å²) < 4.78 is 20.1. The lowest BCUT2D eigenvalue weighted by Gasteiger charge is -2.39. The number of rotatable bonds is 4. The first-order valence-electron chi connectivity index (χ1n) is 7.62. The zero-order chi connectivity index (χ0) is 18.7. The number of alkyl halides is 1. The molecule has 0 bridgehead atoms. The molecule has 0 aliphatic carbocycles. The topological polar surface area (TPSA) is 76.1 Å². The summed E-state index contributed by atoms with van der Waals surface area (Å²) in [6.07, 6.45) is 2.92. The molecule has 6 nitrogen and oxygen atoms in total. The molecule has 2 aromatic rings. The van der Waals surface area contributed by atoms with Gasteiger partial charge in [-0.25, -0.2) is 14.4 Å². The largest absolute Gasteiger partial charge is 0.377 e. The van der Waals surface area contributed by atoms with Gasteiger partial charge < -0.3 is 10.1 Å². The number of carbonyl (C=O) groups is 1. The Morgan fingerprint density at radius 1 is 1.50 bits per heavy atom. The van der Waals surface area contributed by atoms with E-state index in [9.17, 15) is 9.18 Å². The Kier molecular flexibility index (Phi) is 6.13. The third kappa shape index (κ3) is 4.17. The van der Waals surface area contributed by atoms with Crippen LogP contribution in [0.4, 0.5) is 10.1 Å². The lowest BCUT2D eigenvalue weighted by atomic mass is 9.92. The van der Waals surface area contributed by atoms with E-state index in [2.05, 4.69) is 49.2 Å². The molecule has 0 radical (unpaired) electrons. The first-order chi connectivity index (χ1) is 12.4. The van der Waals surface area contributed by atoms with E-state index in [0.717, 1.165) is 4.47 Å². The molecule has 26 heavy (non-hydrogen) atoms. The minimum atomic E-state index is -1.18. The molecule has 1 amide bonds. The molecular weight excluding hydrogens is 447 g/mol. The second-order valence-corrected chi connectivity index (χ2v) is 7.67. The van der Waals surface area contributed by atoms with E-state index in [0.29, 0.717) is 17.9 Å². The van der Waals surface area contributed by atoms with E-state index in [1.165, 1.54) is 12.4 Å². The van der Waals surface area contributed by atoms with Crippen LogP contribution >= 0.6 is 40.2 Å². The van der Waals surface area contributed by atoms with Crippen molar-refractivity contribution in [2.75, 3.05) is 25.2 Å². The molecule has 1 aliphatic rings. The first kappa shape index (κ1) is 19.5. The molecule has 2 aromatic heterocycles. The SMILES string of the molecule is O=C(Nc1cnc(Cl)c(C2(CF)COCC(S)N2)c1)c1ccc(Br)cn1. The number of aromatic nitrogens is 2. The zero-order valence-electron chi connectivity index (χ0n) is 13.4. The number of nitrogens with zero attached hydrogens (tertiary/aromatic N) is 2. The van der Waals surface area contributed by atoms with E-state index < -0.39 is 18.1 Å². The maximum Gasteiger partial charge on any atom is 0.274 e. The normalized spacial score (nSPS) is 22.8. The molecule has 2 atom stereocenters. The lowest BCUT2D eigenvalue weighted by Crippen LogP contribution is -2.56. The van der Waals surface area contributed by atoms with Crippen molar-refractivity contribution in [1.29, 1.82) is 0 Å². The summed E-state index contributed by atoms with van der Waals surface area (Å²) in [5.41, 5.74) is -0.179. The third-order valence-corrected chi connectivity index (χ3v) is 4.92. The van der Waals surface area contributed by atoms with Gasteiger partial charge in [-0.05, 0) is 34.1 Å². The molecule has 138 valence electrons. The average molecular weight is 462 g/mol. The third-order valence-electron chi connectivity index (χ3n) is 3.87. The maximum atomic E-state index is 13.9. The summed E-state index contributed by atoms with van der Waals surface area (Å²) in [5, 5.41) is 5.53. The summed E-state index contributed by atoms with van der Waals surface area (Å²) in [7, 11) is 0. The first-order valence-corrected chi connectivity index (χ1v) is 9.31. The van der Waals surface area contributed by atoms with Crippen LogP contribution in [0.25, 0.3) is 0 Å². The van der Waals surface area contributed by atoms with Crippen molar-refractivity contribution in [1.82, 2.24) is 15.3 Å². The van der Waals surface area contributed by atoms with Gasteiger partial charge in [0.25, 0.3) is 5.91 Å². The predicted octanol–water partition coefficient (Wildman–Crippen LogP) is 3.19. The zero-order valence-corrected chi connectivity index (χ0v) is 16.6. The molecular formula is C16H15BrClFN4O2S. The number of ether oxygens (including phenoxy) is 1. The van der Waals surface area contributed by atoms with E-state index in [1.807, 2.05) is 0 Å². The van der Waals surface area contributed by atoms with E-state index in [4.69, 9.17) is 16.3 Å². The Labute approximate surface area is 168 Å². The highest BCUT2D eigenvalue weighted by Gasteiger charge is 2.40. The minimum absolute atomic E-state index is 0.0770. The van der Waals surface area contributed by atoms with Crippen LogP contribution in [0.3, 0.4) is 0 Å². The number of hydrogen-bond acceptors (Lipinski definition) is 6. The average Bonchev–Trinajstić information content (AvgIpc) is 2.63. The van der Waals surface area contributed by atoms with Crippen molar-refractivity contribution < 1.29 is 13.9 Å². The molecule has 3 rings (SSSR count). The molecule has 2 unspecified atom stereocenters. The quantitative estimate of drug-likeness (QED) is 0.482. The molecule has 0 aromatic carbocycles. The maximum absolute atomic E-state index is 13.9. The molecule has 3 heterocycles. The van der Waals surface area contributed by atoms with Gasteiger partial charge in [0, 0.05) is 16.2 Å². The van der Waals surface area contributed by atoms with Gasteiger partial charge in [-0.15, -0.1) is 0 Å². The van der Waals surface area contributed by atoms with Gasteiger partial charge in [0.2, 0.25) is 0 Å². The smallest absolute Gasteiger partial charge is 0.274 e. The number of pyridine rings is 2. The van der Waals surface area contributed by atoms with Crippen LogP contribution in [0.2, 0.25) is 5.15 Å². The fourth-order valence-electron chi connectivity index (χ4n) is 2.61. The number of carbonyl (C=O) groups excluding carboxylic acids is 1. The summed E-state index contributed by atoms with van der Waals surface area (Å²) in [6, 6.07) is 4.87. The summed E-state index contributed by atoms with van der Waals surface area (Å²) in [4.78, 5) is 20.4. The lowest BCUT2D eigenvalue weighted by molar-refractivity contribution is 0.00571. The highest BCUT2D eigenvalue weighted by Crippen LogP contribution is 2.33. The van der Waals surface area contributed by atoms with E-state index in [1.54, 1.807) is 18.2 Å². The van der Waals surface area contributed by atoms with Gasteiger partial charge in [0.05, 0.1) is 36.0 Å². The summed E-state index contributed by atoms with van der Waals surface area (Å²) >= 11 is 13.8. The van der Waals surface area contributed by atoms with Crippen molar-refractivity contribution in [2.45, 2.75) is 10.9 Å². The Hall–Kier alpha value is -1.26. The highest BCUT2D eigenvalue weighted by atomic mass is 79.9. The number of morpholine rings is 1. The van der Waals surface area contributed by atoms with Crippen LogP contribution in [-0.4, -0.2) is 41.1 Å². The van der Waals surface area contributed by atoms with Gasteiger partial charge in [-0.3, -0.25) is 10.1 Å². The minimum Gasteiger partial charge on any atom is -0.377 e. The molecule has 1 aliphatic heterocycles. The molecule has 1 fully saturated rings. The number of thiol groups is 1. The van der Waals surface area contributed by atoms with Gasteiger partial charge in [-0.1, -0.05) is 11.6 Å². The fraction of sp³-hybridized carbons (Fsp3) is 0.312. The second-order valence-electron chi connectivity index (χ2n) is 5.77. The second kappa shape index (κ2) is 8.18. The molecule has 1 saturated heterocycles. The van der Waals surface area contributed by atoms with E-state index >= 15 is 0 Å². The molecule has 10 heteroatoms. The van der Waals surface area contributed by atoms with Crippen LogP contribution in [0.15, 0.2) is 35.1 Å². The number of nitrogens with one attached hydrogen (secondary N) is 2. The van der Waals surface area contributed by atoms with Crippen LogP contribution in [0.1, 0.15) is 16.1 Å². The number of halogens is 3. The Balaban J connectivity index is 1.87. The standard InChI is InChI=1S/C16H15BrClFN4O2S/c17-9-1-2-12(20-4-9)15(24)22-10-3-11(14(18)21-5-10)16(7-19)8-25-6-13(26)23-16/h1-5,13,23,26H,6-8H2,(H,22,24). The number of anilines is 1. The van der Waals surface area contributed by atoms with Crippen LogP contribution in [-0.2, 0) is 10.3 Å². The Morgan fingerprint density at radius 3 is 2.96 bits per heavy atom. The monoisotopic (exact) mass is 460 g/mol. The van der Waals surface area contributed by atoms with Crippen molar-refractivity contribution >= 4 is 51.8 Å². The van der Waals surface area contributed by atoms with Gasteiger partial charge in [0.1, 0.15) is 17.5 Å². The van der Waals surface area contributed by atoms with Crippen molar-refractivity contribution in [2.24, 2.45) is 0 Å².